The third-order valence-electron chi connectivity index (χ3n) is 4.23. The molecule has 1 fully saturated rings. The Labute approximate surface area is 142 Å². The maximum Gasteiger partial charge on any atom is 0.243 e. The largest absolute Gasteiger partial charge is 0.368 e. The number of benzene rings is 1. The minimum Gasteiger partial charge on any atom is -0.368 e. The van der Waals surface area contributed by atoms with E-state index in [1.54, 1.807) is 0 Å². The van der Waals surface area contributed by atoms with E-state index in [0.717, 1.165) is 5.56 Å². The summed E-state index contributed by atoms with van der Waals surface area (Å²) < 4.78 is 0. The SMILES string of the molecule is CC(C)(C)c1ccc(C[C@H](NC(=O)[C@H]2CCC(=O)N2)C(N)=O)cc1. The molecule has 1 saturated heterocycles. The Morgan fingerprint density at radius 1 is 1.29 bits per heavy atom. The zero-order chi connectivity index (χ0) is 17.9. The standard InChI is InChI=1S/C18H25N3O3/c1-18(2,3)12-6-4-11(5-7-12)10-14(16(19)23)21-17(24)13-8-9-15(22)20-13/h4-7,13-14H,8-10H2,1-3H3,(H2,19,23)(H,20,22)(H,21,24)/t13-,14+/m1/s1. The van der Waals surface area contributed by atoms with Crippen molar-refractivity contribution in [2.75, 3.05) is 0 Å². The number of rotatable bonds is 5. The maximum atomic E-state index is 12.1. The molecule has 0 radical (unpaired) electrons. The van der Waals surface area contributed by atoms with Gasteiger partial charge in [-0.15, -0.1) is 0 Å². The molecule has 6 nitrogen and oxygen atoms in total. The van der Waals surface area contributed by atoms with Gasteiger partial charge >= 0.3 is 0 Å². The number of hydrogen-bond donors (Lipinski definition) is 3. The van der Waals surface area contributed by atoms with Gasteiger partial charge in [-0.25, -0.2) is 0 Å². The van der Waals surface area contributed by atoms with Gasteiger partial charge in [0.25, 0.3) is 0 Å². The first-order valence-electron chi connectivity index (χ1n) is 8.15. The van der Waals surface area contributed by atoms with Crippen LogP contribution in [0, 0.1) is 0 Å². The molecular weight excluding hydrogens is 306 g/mol. The predicted octanol–water partition coefficient (Wildman–Crippen LogP) is 0.775. The molecule has 1 heterocycles. The number of amides is 3. The van der Waals surface area contributed by atoms with Crippen molar-refractivity contribution in [3.8, 4) is 0 Å². The van der Waals surface area contributed by atoms with E-state index in [9.17, 15) is 14.4 Å². The Morgan fingerprint density at radius 2 is 1.92 bits per heavy atom. The zero-order valence-corrected chi connectivity index (χ0v) is 14.4. The van der Waals surface area contributed by atoms with Gasteiger partial charge in [-0.05, 0) is 23.0 Å². The Bertz CT molecular complexity index is 632. The first-order valence-corrected chi connectivity index (χ1v) is 8.15. The third-order valence-corrected chi connectivity index (χ3v) is 4.23. The molecule has 0 unspecified atom stereocenters. The van der Waals surface area contributed by atoms with Crippen LogP contribution in [0.25, 0.3) is 0 Å². The van der Waals surface area contributed by atoms with Crippen molar-refractivity contribution in [1.82, 2.24) is 10.6 Å². The number of nitrogens with one attached hydrogen (secondary N) is 2. The molecule has 1 aliphatic heterocycles. The van der Waals surface area contributed by atoms with Gasteiger partial charge in [0.15, 0.2) is 0 Å². The summed E-state index contributed by atoms with van der Waals surface area (Å²) in [7, 11) is 0. The van der Waals surface area contributed by atoms with Crippen molar-refractivity contribution in [1.29, 1.82) is 0 Å². The molecule has 24 heavy (non-hydrogen) atoms. The average Bonchev–Trinajstić information content (AvgIpc) is 2.92. The lowest BCUT2D eigenvalue weighted by molar-refractivity contribution is -0.129. The van der Waals surface area contributed by atoms with Crippen molar-refractivity contribution in [3.05, 3.63) is 35.4 Å². The van der Waals surface area contributed by atoms with Crippen LogP contribution in [0.3, 0.4) is 0 Å². The minimum atomic E-state index is -0.796. The smallest absolute Gasteiger partial charge is 0.243 e. The molecule has 2 atom stereocenters. The zero-order valence-electron chi connectivity index (χ0n) is 14.4. The van der Waals surface area contributed by atoms with Gasteiger partial charge in [0, 0.05) is 12.8 Å². The van der Waals surface area contributed by atoms with Crippen LogP contribution in [-0.2, 0) is 26.2 Å². The second-order valence-corrected chi connectivity index (χ2v) is 7.27. The van der Waals surface area contributed by atoms with E-state index in [0.29, 0.717) is 19.3 Å². The van der Waals surface area contributed by atoms with Crippen molar-refractivity contribution in [3.63, 3.8) is 0 Å². The van der Waals surface area contributed by atoms with Crippen LogP contribution in [0.2, 0.25) is 0 Å². The fraction of sp³-hybridized carbons (Fsp3) is 0.500. The van der Waals surface area contributed by atoms with Crippen LogP contribution in [0.5, 0.6) is 0 Å². The van der Waals surface area contributed by atoms with Crippen LogP contribution in [0.4, 0.5) is 0 Å². The Hall–Kier alpha value is -2.37. The quantitative estimate of drug-likeness (QED) is 0.743. The summed E-state index contributed by atoms with van der Waals surface area (Å²) in [5.41, 5.74) is 7.58. The number of nitrogens with two attached hydrogens (primary N) is 1. The van der Waals surface area contributed by atoms with E-state index < -0.39 is 18.0 Å². The van der Waals surface area contributed by atoms with Crippen molar-refractivity contribution < 1.29 is 14.4 Å². The van der Waals surface area contributed by atoms with Gasteiger partial charge in [-0.2, -0.15) is 0 Å². The summed E-state index contributed by atoms with van der Waals surface area (Å²) in [4.78, 5) is 35.0. The van der Waals surface area contributed by atoms with Crippen LogP contribution in [0.15, 0.2) is 24.3 Å². The van der Waals surface area contributed by atoms with Crippen LogP contribution in [-0.4, -0.2) is 29.8 Å². The Balaban J connectivity index is 2.02. The Kier molecular flexibility index (Phi) is 5.26. The van der Waals surface area contributed by atoms with E-state index in [4.69, 9.17) is 5.73 Å². The normalized spacial score (nSPS) is 18.8. The predicted molar refractivity (Wildman–Crippen MR) is 91.1 cm³/mol. The highest BCUT2D eigenvalue weighted by molar-refractivity contribution is 5.93. The van der Waals surface area contributed by atoms with Gasteiger partial charge in [0.05, 0.1) is 0 Å². The molecular formula is C18H25N3O3. The summed E-state index contributed by atoms with van der Waals surface area (Å²) in [6.07, 6.45) is 1.09. The number of carbonyl (C=O) groups excluding carboxylic acids is 3. The second kappa shape index (κ2) is 7.03. The molecule has 0 saturated carbocycles. The first kappa shape index (κ1) is 18.0. The van der Waals surface area contributed by atoms with Crippen LogP contribution in [0.1, 0.15) is 44.7 Å². The van der Waals surface area contributed by atoms with E-state index in [-0.39, 0.29) is 17.2 Å². The van der Waals surface area contributed by atoms with Gasteiger partial charge in [-0.1, -0.05) is 45.0 Å². The molecule has 0 bridgehead atoms. The van der Waals surface area contributed by atoms with E-state index in [1.165, 1.54) is 5.56 Å². The van der Waals surface area contributed by atoms with E-state index >= 15 is 0 Å². The van der Waals surface area contributed by atoms with Crippen molar-refractivity contribution in [2.45, 2.75) is 57.5 Å². The summed E-state index contributed by atoms with van der Waals surface area (Å²) in [6.45, 7) is 6.39. The molecule has 0 spiro atoms. The van der Waals surface area contributed by atoms with Crippen LogP contribution < -0.4 is 16.4 Å². The summed E-state index contributed by atoms with van der Waals surface area (Å²) >= 11 is 0. The summed E-state index contributed by atoms with van der Waals surface area (Å²) in [5, 5.41) is 5.23. The van der Waals surface area contributed by atoms with Gasteiger partial charge < -0.3 is 16.4 Å². The molecule has 0 aliphatic carbocycles. The van der Waals surface area contributed by atoms with Crippen LogP contribution >= 0.6 is 0 Å². The lowest BCUT2D eigenvalue weighted by Crippen LogP contribution is -2.51. The second-order valence-electron chi connectivity index (χ2n) is 7.27. The molecule has 1 aromatic rings. The van der Waals surface area contributed by atoms with Crippen molar-refractivity contribution >= 4 is 17.7 Å². The lowest BCUT2D eigenvalue weighted by Gasteiger charge is -2.21. The third kappa shape index (κ3) is 4.57. The first-order chi connectivity index (χ1) is 11.2. The maximum absolute atomic E-state index is 12.1. The fourth-order valence-electron chi connectivity index (χ4n) is 2.68. The summed E-state index contributed by atoms with van der Waals surface area (Å²) in [6, 6.07) is 6.55. The molecule has 0 aromatic heterocycles. The highest BCUT2D eigenvalue weighted by atomic mass is 16.2. The number of primary amides is 1. The van der Waals surface area contributed by atoms with E-state index in [2.05, 4.69) is 31.4 Å². The summed E-state index contributed by atoms with van der Waals surface area (Å²) in [5.74, 6) is -1.10. The monoisotopic (exact) mass is 331 g/mol. The molecule has 1 aliphatic rings. The van der Waals surface area contributed by atoms with Gasteiger partial charge in [0.2, 0.25) is 17.7 Å². The van der Waals surface area contributed by atoms with E-state index in [1.807, 2.05) is 24.3 Å². The minimum absolute atomic E-state index is 0.0521. The molecule has 2 rings (SSSR count). The molecule has 4 N–H and O–H groups in total. The average molecular weight is 331 g/mol. The Morgan fingerprint density at radius 3 is 2.38 bits per heavy atom. The highest BCUT2D eigenvalue weighted by Crippen LogP contribution is 2.22. The van der Waals surface area contributed by atoms with Gasteiger partial charge in [0.1, 0.15) is 12.1 Å². The molecule has 6 heteroatoms. The fourth-order valence-corrected chi connectivity index (χ4v) is 2.68. The number of hydrogen-bond acceptors (Lipinski definition) is 3. The highest BCUT2D eigenvalue weighted by Gasteiger charge is 2.29. The topological polar surface area (TPSA) is 101 Å². The molecule has 1 aromatic carbocycles. The van der Waals surface area contributed by atoms with Gasteiger partial charge in [-0.3, -0.25) is 14.4 Å². The molecule has 130 valence electrons. The van der Waals surface area contributed by atoms with Crippen molar-refractivity contribution in [2.24, 2.45) is 5.73 Å². The lowest BCUT2D eigenvalue weighted by atomic mass is 9.86. The number of carbonyl (C=O) groups is 3. The molecule has 3 amide bonds.